The summed E-state index contributed by atoms with van der Waals surface area (Å²) < 4.78 is 9.13. The Balaban J connectivity index is 1.12. The van der Waals surface area contributed by atoms with Crippen molar-refractivity contribution in [2.24, 2.45) is 0 Å². The molecule has 0 atom stereocenters. The van der Waals surface area contributed by atoms with Crippen LogP contribution in [0.3, 0.4) is 0 Å². The third kappa shape index (κ3) is 7.52. The van der Waals surface area contributed by atoms with Crippen LogP contribution in [0.2, 0.25) is 0 Å². The molecule has 0 saturated heterocycles. The van der Waals surface area contributed by atoms with Crippen LogP contribution in [0.25, 0.3) is 27.6 Å². The first-order chi connectivity index (χ1) is 29.4. The summed E-state index contributed by atoms with van der Waals surface area (Å²) in [5.74, 6) is 2.45. The van der Waals surface area contributed by atoms with Crippen molar-refractivity contribution < 1.29 is 4.74 Å². The summed E-state index contributed by atoms with van der Waals surface area (Å²) in [6.45, 7) is 25.8. The number of aromatic nitrogens is 2. The molecule has 6 aromatic carbocycles. The van der Waals surface area contributed by atoms with E-state index in [2.05, 4.69) is 236 Å². The third-order valence-corrected chi connectivity index (χ3v) is 12.9. The van der Waals surface area contributed by atoms with E-state index in [9.17, 15) is 0 Å². The lowest BCUT2D eigenvalue weighted by molar-refractivity contribution is 0.483. The van der Waals surface area contributed by atoms with E-state index in [4.69, 9.17) is 9.72 Å². The van der Waals surface area contributed by atoms with Crippen molar-refractivity contribution in [1.82, 2.24) is 9.55 Å². The van der Waals surface area contributed by atoms with Crippen molar-refractivity contribution in [3.63, 3.8) is 0 Å². The zero-order valence-electron chi connectivity index (χ0n) is 38.3. The Kier molecular flexibility index (Phi) is 9.89. The Hall–Kier alpha value is -6.33. The van der Waals surface area contributed by atoms with Crippen molar-refractivity contribution in [3.05, 3.63) is 180 Å². The molecule has 0 aliphatic carbocycles. The smallest absolute Gasteiger partial charge is 0.137 e. The van der Waals surface area contributed by atoms with E-state index in [1.165, 1.54) is 50.3 Å². The van der Waals surface area contributed by atoms with Gasteiger partial charge in [0.1, 0.15) is 24.0 Å². The average Bonchev–Trinajstić information content (AvgIpc) is 3.78. The van der Waals surface area contributed by atoms with Gasteiger partial charge in [-0.3, -0.25) is 4.57 Å². The Morgan fingerprint density at radius 2 is 1.05 bits per heavy atom. The molecule has 1 aliphatic heterocycles. The molecule has 0 radical (unpaired) electrons. The summed E-state index contributed by atoms with van der Waals surface area (Å²) in [4.78, 5) is 9.84. The lowest BCUT2D eigenvalue weighted by atomic mass is 9.78. The quantitative estimate of drug-likeness (QED) is 0.160. The summed E-state index contributed by atoms with van der Waals surface area (Å²) in [6, 6.07) is 53.1. The number of hydrogen-bond acceptors (Lipinski definition) is 4. The average molecular weight is 817 g/mol. The Labute approximate surface area is 368 Å². The van der Waals surface area contributed by atoms with Gasteiger partial charge >= 0.3 is 0 Å². The maximum absolute atomic E-state index is 6.83. The normalized spacial score (nSPS) is 13.6. The maximum Gasteiger partial charge on any atom is 0.137 e. The summed E-state index contributed by atoms with van der Waals surface area (Å²) in [5, 5.41) is 2.35. The number of fused-ring (bicyclic) bond motifs is 4. The highest BCUT2D eigenvalue weighted by Crippen LogP contribution is 2.47. The number of anilines is 4. The van der Waals surface area contributed by atoms with Gasteiger partial charge in [-0.1, -0.05) is 137 Å². The van der Waals surface area contributed by atoms with Crippen LogP contribution < -0.4 is 14.5 Å². The molecular formula is C57H60N4O. The number of nitrogens with zero attached hydrogens (tertiary/aromatic N) is 4. The SMILES string of the molecule is CC(C)(C)c1cccc(N2CN(c3cccc(Oc4ccc5c6cc(C(C)(C)c7ccccc7)ccc6n(-c6cc(C(C)(C)C)ccn6)c5c4)c3)c3ccc(C(C)(C)C)cc32)c1. The largest absolute Gasteiger partial charge is 0.457 e. The predicted octanol–water partition coefficient (Wildman–Crippen LogP) is 15.4. The molecule has 0 unspecified atom stereocenters. The molecule has 1 aliphatic rings. The minimum atomic E-state index is -0.180. The maximum atomic E-state index is 6.83. The highest BCUT2D eigenvalue weighted by molar-refractivity contribution is 6.10. The highest BCUT2D eigenvalue weighted by Gasteiger charge is 2.31. The molecule has 3 heterocycles. The Morgan fingerprint density at radius 3 is 1.77 bits per heavy atom. The van der Waals surface area contributed by atoms with Crippen LogP contribution in [-0.4, -0.2) is 16.2 Å². The summed E-state index contributed by atoms with van der Waals surface area (Å²) in [7, 11) is 0. The van der Waals surface area contributed by atoms with Gasteiger partial charge in [0.05, 0.1) is 22.4 Å². The van der Waals surface area contributed by atoms with Crippen molar-refractivity contribution in [2.75, 3.05) is 16.5 Å². The van der Waals surface area contributed by atoms with Gasteiger partial charge < -0.3 is 14.5 Å². The number of benzene rings is 6. The van der Waals surface area contributed by atoms with Crippen LogP contribution in [0.15, 0.2) is 152 Å². The summed E-state index contributed by atoms with van der Waals surface area (Å²) in [5.41, 5.74) is 13.1. The molecule has 0 amide bonds. The second-order valence-corrected chi connectivity index (χ2v) is 20.7. The Bertz CT molecular complexity index is 2950. The first kappa shape index (κ1) is 41.0. The van der Waals surface area contributed by atoms with Gasteiger partial charge in [0, 0.05) is 45.9 Å². The number of rotatable bonds is 7. The minimum Gasteiger partial charge on any atom is -0.457 e. The zero-order valence-corrected chi connectivity index (χ0v) is 38.3. The molecular weight excluding hydrogens is 757 g/mol. The van der Waals surface area contributed by atoms with Crippen LogP contribution in [-0.2, 0) is 21.7 Å². The third-order valence-electron chi connectivity index (χ3n) is 12.9. The topological polar surface area (TPSA) is 33.5 Å². The molecule has 9 rings (SSSR count). The van der Waals surface area contributed by atoms with E-state index < -0.39 is 0 Å². The van der Waals surface area contributed by atoms with Gasteiger partial charge in [-0.2, -0.15) is 0 Å². The summed E-state index contributed by atoms with van der Waals surface area (Å²) >= 11 is 0. The fourth-order valence-electron chi connectivity index (χ4n) is 8.89. The number of pyridine rings is 1. The van der Waals surface area contributed by atoms with E-state index >= 15 is 0 Å². The second-order valence-electron chi connectivity index (χ2n) is 20.7. The molecule has 5 nitrogen and oxygen atoms in total. The van der Waals surface area contributed by atoms with E-state index in [1.807, 2.05) is 6.20 Å². The van der Waals surface area contributed by atoms with Crippen LogP contribution in [0.1, 0.15) is 104 Å². The number of ether oxygens (including phenoxy) is 1. The first-order valence-corrected chi connectivity index (χ1v) is 22.1. The van der Waals surface area contributed by atoms with E-state index in [0.717, 1.165) is 39.4 Å². The number of hydrogen-bond donors (Lipinski definition) is 0. The monoisotopic (exact) mass is 816 g/mol. The Morgan fingerprint density at radius 1 is 0.435 bits per heavy atom. The molecule has 0 bridgehead atoms. The van der Waals surface area contributed by atoms with Crippen LogP contribution in [0.5, 0.6) is 11.5 Å². The van der Waals surface area contributed by atoms with Gasteiger partial charge in [0.15, 0.2) is 0 Å². The molecule has 0 saturated carbocycles. The van der Waals surface area contributed by atoms with Crippen LogP contribution in [0.4, 0.5) is 22.7 Å². The fourth-order valence-corrected chi connectivity index (χ4v) is 8.89. The van der Waals surface area contributed by atoms with Crippen molar-refractivity contribution >= 4 is 44.6 Å². The second kappa shape index (κ2) is 14.9. The van der Waals surface area contributed by atoms with Crippen LogP contribution >= 0.6 is 0 Å². The molecule has 2 aromatic heterocycles. The fraction of sp³-hybridized carbons (Fsp3) is 0.281. The molecule has 0 fully saturated rings. The van der Waals surface area contributed by atoms with Crippen LogP contribution in [0, 0.1) is 0 Å². The van der Waals surface area contributed by atoms with Gasteiger partial charge in [0.25, 0.3) is 0 Å². The van der Waals surface area contributed by atoms with Gasteiger partial charge in [-0.15, -0.1) is 0 Å². The molecule has 0 N–H and O–H groups in total. The standard InChI is InChI=1S/C57H60N4O/c1-54(2,3)39-19-15-20-43(31-39)60-37-59(50-28-23-40(33-52(50)60)55(4,5)6)44-21-16-22-45(35-44)62-46-25-26-47-48-32-42(57(10,11)38-17-13-12-14-18-38)24-27-49(48)61(51(47)36-46)53-34-41(29-30-58-53)56(7,8)9/h12-36H,37H2,1-11H3. The van der Waals surface area contributed by atoms with E-state index in [-0.39, 0.29) is 21.7 Å². The molecule has 62 heavy (non-hydrogen) atoms. The van der Waals surface area contributed by atoms with Gasteiger partial charge in [-0.05, 0) is 117 Å². The lowest BCUT2D eigenvalue weighted by Gasteiger charge is -2.26. The van der Waals surface area contributed by atoms with Crippen molar-refractivity contribution in [1.29, 1.82) is 0 Å². The summed E-state index contributed by atoms with van der Waals surface area (Å²) in [6.07, 6.45) is 1.94. The first-order valence-electron chi connectivity index (χ1n) is 22.1. The van der Waals surface area contributed by atoms with Crippen molar-refractivity contribution in [2.45, 2.75) is 97.8 Å². The molecule has 5 heteroatoms. The lowest BCUT2D eigenvalue weighted by Crippen LogP contribution is -2.24. The van der Waals surface area contributed by atoms with Gasteiger partial charge in [-0.25, -0.2) is 4.98 Å². The van der Waals surface area contributed by atoms with E-state index in [0.29, 0.717) is 6.67 Å². The van der Waals surface area contributed by atoms with Crippen molar-refractivity contribution in [3.8, 4) is 17.3 Å². The molecule has 314 valence electrons. The zero-order chi connectivity index (χ0) is 43.8. The predicted molar refractivity (Wildman–Crippen MR) is 262 cm³/mol. The van der Waals surface area contributed by atoms with Gasteiger partial charge in [0.2, 0.25) is 0 Å². The molecule has 0 spiro atoms. The minimum absolute atomic E-state index is 0.0223. The molecule has 8 aromatic rings. The highest BCUT2D eigenvalue weighted by atomic mass is 16.5. The van der Waals surface area contributed by atoms with E-state index in [1.54, 1.807) is 0 Å².